The Balaban J connectivity index is 1.99. The van der Waals surface area contributed by atoms with Crippen molar-refractivity contribution in [2.45, 2.75) is 13.1 Å². The van der Waals surface area contributed by atoms with Crippen molar-refractivity contribution in [3.63, 3.8) is 0 Å². The third-order valence-corrected chi connectivity index (χ3v) is 3.91. The summed E-state index contributed by atoms with van der Waals surface area (Å²) in [7, 11) is 0. The summed E-state index contributed by atoms with van der Waals surface area (Å²) in [5.74, 6) is -2.17. The molecule has 0 bridgehead atoms. The average molecular weight is 391 g/mol. The first-order valence-electron chi connectivity index (χ1n) is 8.01. The van der Waals surface area contributed by atoms with Crippen molar-refractivity contribution in [3.8, 4) is 5.69 Å². The Morgan fingerprint density at radius 2 is 1.68 bits per heavy atom. The molecule has 2 aromatic carbocycles. The number of Topliss-reactive ketones (excluding diaryl/α,β-unsaturated/α-hetero) is 1. The van der Waals surface area contributed by atoms with Gasteiger partial charge in [0.2, 0.25) is 0 Å². The molecule has 0 aliphatic rings. The van der Waals surface area contributed by atoms with Gasteiger partial charge in [0.05, 0.1) is 11.8 Å². The molecule has 0 aliphatic heterocycles. The van der Waals surface area contributed by atoms with Crippen LogP contribution in [-0.4, -0.2) is 21.5 Å². The Labute approximate surface area is 156 Å². The van der Waals surface area contributed by atoms with E-state index >= 15 is 0 Å². The van der Waals surface area contributed by atoms with E-state index in [-0.39, 0.29) is 11.5 Å². The number of carbonyl (C=O) groups excluding carboxylic acids is 2. The Bertz CT molecular complexity index is 1040. The van der Waals surface area contributed by atoms with E-state index in [1.54, 1.807) is 0 Å². The third kappa shape index (κ3) is 3.78. The lowest BCUT2D eigenvalue weighted by Crippen LogP contribution is -2.21. The number of aromatic nitrogens is 2. The Kier molecular flexibility index (Phi) is 5.00. The molecule has 0 spiro atoms. The summed E-state index contributed by atoms with van der Waals surface area (Å²) in [5.41, 5.74) is -2.00. The average Bonchev–Trinajstić information content (AvgIpc) is 3.08. The SMILES string of the molecule is CC(=O)c1ccc(NC(=O)c2cnn(-c3ccccc3F)c2C(F)(F)F)cc1. The van der Waals surface area contributed by atoms with Crippen LogP contribution in [0, 0.1) is 5.82 Å². The second-order valence-corrected chi connectivity index (χ2v) is 5.86. The van der Waals surface area contributed by atoms with Gasteiger partial charge in [0.1, 0.15) is 11.5 Å². The van der Waals surface area contributed by atoms with Crippen molar-refractivity contribution >= 4 is 17.4 Å². The number of amides is 1. The standard InChI is InChI=1S/C19H13F4N3O2/c1-11(27)12-6-8-13(9-7-12)25-18(28)14-10-24-26(17(14)19(21,22)23)16-5-3-2-4-15(16)20/h2-10H,1H3,(H,25,28). The Morgan fingerprint density at radius 3 is 2.25 bits per heavy atom. The van der Waals surface area contributed by atoms with Gasteiger partial charge in [-0.25, -0.2) is 9.07 Å². The van der Waals surface area contributed by atoms with E-state index in [0.717, 1.165) is 18.3 Å². The second kappa shape index (κ2) is 7.26. The topological polar surface area (TPSA) is 64.0 Å². The van der Waals surface area contributed by atoms with Gasteiger partial charge in [-0.2, -0.15) is 18.3 Å². The van der Waals surface area contributed by atoms with E-state index in [1.165, 1.54) is 43.3 Å². The molecule has 0 saturated carbocycles. The smallest absolute Gasteiger partial charge is 0.322 e. The number of alkyl halides is 3. The van der Waals surface area contributed by atoms with Crippen LogP contribution in [0.2, 0.25) is 0 Å². The van der Waals surface area contributed by atoms with Crippen molar-refractivity contribution in [2.75, 3.05) is 5.32 Å². The van der Waals surface area contributed by atoms with E-state index < -0.39 is 34.8 Å². The lowest BCUT2D eigenvalue weighted by Gasteiger charge is -2.13. The highest BCUT2D eigenvalue weighted by Gasteiger charge is 2.41. The first-order chi connectivity index (χ1) is 13.2. The summed E-state index contributed by atoms with van der Waals surface area (Å²) in [5, 5.41) is 5.88. The van der Waals surface area contributed by atoms with Crippen LogP contribution >= 0.6 is 0 Å². The zero-order valence-electron chi connectivity index (χ0n) is 14.4. The maximum absolute atomic E-state index is 13.9. The van der Waals surface area contributed by atoms with Crippen LogP contribution in [0.25, 0.3) is 5.69 Å². The van der Waals surface area contributed by atoms with Gasteiger partial charge in [-0.1, -0.05) is 12.1 Å². The van der Waals surface area contributed by atoms with Gasteiger partial charge in [-0.3, -0.25) is 9.59 Å². The van der Waals surface area contributed by atoms with Gasteiger partial charge in [0.15, 0.2) is 11.5 Å². The summed E-state index contributed by atoms with van der Waals surface area (Å²) < 4.78 is 55.1. The molecule has 144 valence electrons. The molecule has 28 heavy (non-hydrogen) atoms. The van der Waals surface area contributed by atoms with Crippen molar-refractivity contribution in [2.24, 2.45) is 0 Å². The molecule has 1 aromatic heterocycles. The second-order valence-electron chi connectivity index (χ2n) is 5.86. The van der Waals surface area contributed by atoms with E-state index in [1.807, 2.05) is 0 Å². The maximum atomic E-state index is 13.9. The Morgan fingerprint density at radius 1 is 1.04 bits per heavy atom. The molecule has 9 heteroatoms. The highest BCUT2D eigenvalue weighted by atomic mass is 19.4. The quantitative estimate of drug-likeness (QED) is 0.527. The van der Waals surface area contributed by atoms with Crippen LogP contribution in [0.1, 0.15) is 33.3 Å². The fourth-order valence-electron chi connectivity index (χ4n) is 2.58. The first-order valence-corrected chi connectivity index (χ1v) is 8.01. The number of halogens is 4. The number of hydrogen-bond acceptors (Lipinski definition) is 3. The third-order valence-electron chi connectivity index (χ3n) is 3.91. The number of hydrogen-bond donors (Lipinski definition) is 1. The van der Waals surface area contributed by atoms with Crippen LogP contribution in [-0.2, 0) is 6.18 Å². The van der Waals surface area contributed by atoms with E-state index in [4.69, 9.17) is 0 Å². The summed E-state index contributed by atoms with van der Waals surface area (Å²) >= 11 is 0. The monoisotopic (exact) mass is 391 g/mol. The number of nitrogens with one attached hydrogen (secondary N) is 1. The molecule has 0 radical (unpaired) electrons. The largest absolute Gasteiger partial charge is 0.434 e. The van der Waals surface area contributed by atoms with Gasteiger partial charge >= 0.3 is 6.18 Å². The van der Waals surface area contributed by atoms with Gasteiger partial charge in [0.25, 0.3) is 5.91 Å². The molecule has 1 heterocycles. The fraction of sp³-hybridized carbons (Fsp3) is 0.105. The number of rotatable bonds is 4. The molecule has 1 amide bonds. The van der Waals surface area contributed by atoms with Crippen LogP contribution in [0.3, 0.4) is 0 Å². The predicted molar refractivity (Wildman–Crippen MR) is 92.9 cm³/mol. The molecule has 3 aromatic rings. The van der Waals surface area contributed by atoms with Crippen molar-refractivity contribution < 1.29 is 27.2 Å². The first kappa shape index (κ1) is 19.3. The van der Waals surface area contributed by atoms with Crippen LogP contribution in [0.15, 0.2) is 54.7 Å². The number of nitrogens with zero attached hydrogens (tertiary/aromatic N) is 2. The highest BCUT2D eigenvalue weighted by Crippen LogP contribution is 2.34. The van der Waals surface area contributed by atoms with Crippen LogP contribution in [0.5, 0.6) is 0 Å². The number of anilines is 1. The molecule has 0 saturated heterocycles. The minimum Gasteiger partial charge on any atom is -0.322 e. The molecule has 5 nitrogen and oxygen atoms in total. The molecule has 1 N–H and O–H groups in total. The van der Waals surface area contributed by atoms with E-state index in [2.05, 4.69) is 10.4 Å². The predicted octanol–water partition coefficient (Wildman–Crippen LogP) is 4.49. The van der Waals surface area contributed by atoms with Crippen molar-refractivity contribution in [1.82, 2.24) is 9.78 Å². The summed E-state index contributed by atoms with van der Waals surface area (Å²) in [6.07, 6.45) is -4.22. The van der Waals surface area contributed by atoms with Gasteiger partial charge in [-0.15, -0.1) is 0 Å². The van der Waals surface area contributed by atoms with Gasteiger partial charge in [0, 0.05) is 11.3 Å². The lowest BCUT2D eigenvalue weighted by molar-refractivity contribution is -0.143. The molecule has 0 fully saturated rings. The summed E-state index contributed by atoms with van der Waals surface area (Å²) in [4.78, 5) is 23.7. The molecular weight excluding hydrogens is 378 g/mol. The van der Waals surface area contributed by atoms with Gasteiger partial charge in [-0.05, 0) is 43.3 Å². The maximum Gasteiger partial charge on any atom is 0.434 e. The Hall–Kier alpha value is -3.49. The van der Waals surface area contributed by atoms with Gasteiger partial charge < -0.3 is 5.32 Å². The molecule has 0 atom stereocenters. The number of ketones is 1. The van der Waals surface area contributed by atoms with E-state index in [9.17, 15) is 27.2 Å². The zero-order chi connectivity index (χ0) is 20.5. The summed E-state index contributed by atoms with van der Waals surface area (Å²) in [6, 6.07) is 10.5. The number of para-hydroxylation sites is 1. The minimum absolute atomic E-state index is 0.191. The van der Waals surface area contributed by atoms with Crippen LogP contribution in [0.4, 0.5) is 23.2 Å². The normalized spacial score (nSPS) is 11.3. The molecular formula is C19H13F4N3O2. The zero-order valence-corrected chi connectivity index (χ0v) is 14.4. The van der Waals surface area contributed by atoms with Crippen LogP contribution < -0.4 is 5.32 Å². The minimum atomic E-state index is -4.95. The highest BCUT2D eigenvalue weighted by molar-refractivity contribution is 6.05. The van der Waals surface area contributed by atoms with Crippen molar-refractivity contribution in [3.05, 3.63) is 77.4 Å². The fourth-order valence-corrected chi connectivity index (χ4v) is 2.58. The molecule has 3 rings (SSSR count). The number of carbonyl (C=O) groups is 2. The van der Waals surface area contributed by atoms with Crippen molar-refractivity contribution in [1.29, 1.82) is 0 Å². The lowest BCUT2D eigenvalue weighted by atomic mass is 10.1. The summed E-state index contributed by atoms with van der Waals surface area (Å²) in [6.45, 7) is 1.36. The van der Waals surface area contributed by atoms with E-state index in [0.29, 0.717) is 10.2 Å². The molecule has 0 aliphatic carbocycles. The number of benzene rings is 2. The molecule has 0 unspecified atom stereocenters.